The van der Waals surface area contributed by atoms with Crippen LogP contribution in [0.25, 0.3) is 5.65 Å². The predicted octanol–water partition coefficient (Wildman–Crippen LogP) is 0.692. The summed E-state index contributed by atoms with van der Waals surface area (Å²) in [6, 6.07) is 2.65. The minimum Gasteiger partial charge on any atom is -0.480 e. The normalized spacial score (nSPS) is 17.9. The highest BCUT2D eigenvalue weighted by atomic mass is 16.4. The summed E-state index contributed by atoms with van der Waals surface area (Å²) in [6.45, 7) is 2.17. The van der Waals surface area contributed by atoms with Gasteiger partial charge in [-0.1, -0.05) is 6.07 Å². The Bertz CT molecular complexity index is 827. The van der Waals surface area contributed by atoms with Crippen LogP contribution < -0.4 is 5.56 Å². The predicted molar refractivity (Wildman–Crippen MR) is 77.9 cm³/mol. The second-order valence-electron chi connectivity index (χ2n) is 5.41. The van der Waals surface area contributed by atoms with Crippen LogP contribution in [0.5, 0.6) is 0 Å². The van der Waals surface area contributed by atoms with Gasteiger partial charge >= 0.3 is 5.97 Å². The first kappa shape index (κ1) is 14.2. The van der Waals surface area contributed by atoms with Crippen molar-refractivity contribution in [1.29, 1.82) is 0 Å². The maximum absolute atomic E-state index is 12.5. The van der Waals surface area contributed by atoms with Crippen LogP contribution in [0.4, 0.5) is 0 Å². The van der Waals surface area contributed by atoms with E-state index >= 15 is 0 Å². The highest BCUT2D eigenvalue weighted by Crippen LogP contribution is 2.19. The van der Waals surface area contributed by atoms with Crippen molar-refractivity contribution in [3.05, 3.63) is 46.0 Å². The topological polar surface area (TPSA) is 92.0 Å². The summed E-state index contributed by atoms with van der Waals surface area (Å²) >= 11 is 0. The smallest absolute Gasteiger partial charge is 0.326 e. The lowest BCUT2D eigenvalue weighted by molar-refractivity contribution is -0.141. The van der Waals surface area contributed by atoms with Gasteiger partial charge in [-0.2, -0.15) is 0 Å². The van der Waals surface area contributed by atoms with Crippen molar-refractivity contribution in [2.75, 3.05) is 6.54 Å². The zero-order valence-corrected chi connectivity index (χ0v) is 12.0. The van der Waals surface area contributed by atoms with Crippen molar-refractivity contribution in [2.45, 2.75) is 25.8 Å². The van der Waals surface area contributed by atoms with E-state index in [-0.39, 0.29) is 5.56 Å². The number of carbonyl (C=O) groups is 2. The van der Waals surface area contributed by atoms with Crippen LogP contribution in [0.3, 0.4) is 0 Å². The van der Waals surface area contributed by atoms with Crippen LogP contribution in [-0.2, 0) is 4.79 Å². The van der Waals surface area contributed by atoms with E-state index in [1.807, 2.05) is 13.0 Å². The van der Waals surface area contributed by atoms with Gasteiger partial charge in [-0.25, -0.2) is 9.78 Å². The summed E-state index contributed by atoms with van der Waals surface area (Å²) in [4.78, 5) is 41.6. The summed E-state index contributed by atoms with van der Waals surface area (Å²) < 4.78 is 1.31. The van der Waals surface area contributed by atoms with E-state index in [2.05, 4.69) is 4.98 Å². The zero-order valence-electron chi connectivity index (χ0n) is 12.0. The molecule has 114 valence electrons. The average Bonchev–Trinajstić information content (AvgIpc) is 2.97. The highest BCUT2D eigenvalue weighted by Gasteiger charge is 2.35. The van der Waals surface area contributed by atoms with Crippen molar-refractivity contribution in [3.8, 4) is 0 Å². The van der Waals surface area contributed by atoms with Gasteiger partial charge in [0.15, 0.2) is 0 Å². The lowest BCUT2D eigenvalue weighted by atomic mass is 10.2. The first-order valence-electron chi connectivity index (χ1n) is 7.01. The van der Waals surface area contributed by atoms with Crippen LogP contribution in [-0.4, -0.2) is 43.9 Å². The van der Waals surface area contributed by atoms with Gasteiger partial charge in [0.1, 0.15) is 17.3 Å². The molecule has 0 aromatic carbocycles. The van der Waals surface area contributed by atoms with Crippen molar-refractivity contribution < 1.29 is 14.7 Å². The number of likely N-dealkylation sites (tertiary alicyclic amines) is 1. The molecule has 2 aromatic rings. The molecule has 0 unspecified atom stereocenters. The molecule has 3 heterocycles. The molecule has 0 spiro atoms. The van der Waals surface area contributed by atoms with Gasteiger partial charge in [-0.3, -0.25) is 14.0 Å². The van der Waals surface area contributed by atoms with E-state index in [0.717, 1.165) is 5.56 Å². The van der Waals surface area contributed by atoms with Gasteiger partial charge in [0.25, 0.3) is 11.5 Å². The molecule has 0 radical (unpaired) electrons. The number of rotatable bonds is 2. The van der Waals surface area contributed by atoms with Crippen molar-refractivity contribution in [3.63, 3.8) is 0 Å². The third-order valence-electron chi connectivity index (χ3n) is 3.88. The third-order valence-corrected chi connectivity index (χ3v) is 3.88. The molecule has 1 aliphatic heterocycles. The number of nitrogens with zero attached hydrogens (tertiary/aromatic N) is 3. The fourth-order valence-electron chi connectivity index (χ4n) is 2.75. The van der Waals surface area contributed by atoms with Gasteiger partial charge in [-0.15, -0.1) is 0 Å². The molecule has 3 rings (SSSR count). The van der Waals surface area contributed by atoms with E-state index in [1.54, 1.807) is 12.3 Å². The molecule has 1 aliphatic rings. The Hall–Kier alpha value is -2.70. The summed E-state index contributed by atoms with van der Waals surface area (Å²) in [5.41, 5.74) is 0.736. The molecule has 22 heavy (non-hydrogen) atoms. The number of amides is 1. The Labute approximate surface area is 125 Å². The molecule has 1 saturated heterocycles. The molecule has 1 N–H and O–H groups in total. The SMILES string of the molecule is Cc1ccc2ncc(C(=O)N3CCC[C@@H]3C(=O)O)c(=O)n2c1. The van der Waals surface area contributed by atoms with E-state index in [9.17, 15) is 14.4 Å². The number of carboxylic acid groups (broad SMARTS) is 1. The number of fused-ring (bicyclic) bond motifs is 1. The largest absolute Gasteiger partial charge is 0.480 e. The van der Waals surface area contributed by atoms with Crippen molar-refractivity contribution >= 4 is 17.5 Å². The molecule has 1 atom stereocenters. The Morgan fingerprint density at radius 2 is 2.14 bits per heavy atom. The number of aryl methyl sites for hydroxylation is 1. The summed E-state index contributed by atoms with van der Waals surface area (Å²) in [5.74, 6) is -1.62. The van der Waals surface area contributed by atoms with Gasteiger partial charge < -0.3 is 10.0 Å². The van der Waals surface area contributed by atoms with E-state index < -0.39 is 23.5 Å². The maximum Gasteiger partial charge on any atom is 0.326 e. The zero-order chi connectivity index (χ0) is 15.9. The first-order valence-corrected chi connectivity index (χ1v) is 7.01. The minimum atomic E-state index is -1.05. The lowest BCUT2D eigenvalue weighted by Crippen LogP contribution is -2.42. The lowest BCUT2D eigenvalue weighted by Gasteiger charge is -2.21. The van der Waals surface area contributed by atoms with Crippen LogP contribution in [0.1, 0.15) is 28.8 Å². The second-order valence-corrected chi connectivity index (χ2v) is 5.41. The maximum atomic E-state index is 12.5. The Morgan fingerprint density at radius 1 is 1.36 bits per heavy atom. The molecule has 2 aromatic heterocycles. The van der Waals surface area contributed by atoms with Gasteiger partial charge in [0.2, 0.25) is 0 Å². The number of aliphatic carboxylic acids is 1. The van der Waals surface area contributed by atoms with Gasteiger partial charge in [0, 0.05) is 18.9 Å². The molecule has 1 fully saturated rings. The van der Waals surface area contributed by atoms with Crippen LogP contribution in [0.15, 0.2) is 29.3 Å². The summed E-state index contributed by atoms with van der Waals surface area (Å²) in [7, 11) is 0. The fraction of sp³-hybridized carbons (Fsp3) is 0.333. The minimum absolute atomic E-state index is 0.101. The fourth-order valence-corrected chi connectivity index (χ4v) is 2.75. The molecule has 0 saturated carbocycles. The quantitative estimate of drug-likeness (QED) is 0.881. The number of carbonyl (C=O) groups excluding carboxylic acids is 1. The monoisotopic (exact) mass is 301 g/mol. The number of carboxylic acids is 1. The molecule has 0 aliphatic carbocycles. The molecule has 1 amide bonds. The van der Waals surface area contributed by atoms with Crippen LogP contribution in [0, 0.1) is 6.92 Å². The van der Waals surface area contributed by atoms with E-state index in [0.29, 0.717) is 25.0 Å². The van der Waals surface area contributed by atoms with E-state index in [1.165, 1.54) is 15.5 Å². The van der Waals surface area contributed by atoms with Crippen molar-refractivity contribution in [1.82, 2.24) is 14.3 Å². The number of hydrogen-bond acceptors (Lipinski definition) is 4. The number of hydrogen-bond donors (Lipinski definition) is 1. The van der Waals surface area contributed by atoms with Crippen LogP contribution >= 0.6 is 0 Å². The Balaban J connectivity index is 2.06. The molecule has 7 nitrogen and oxygen atoms in total. The Kier molecular flexibility index (Phi) is 3.40. The number of pyridine rings is 1. The van der Waals surface area contributed by atoms with Gasteiger partial charge in [-0.05, 0) is 31.4 Å². The second kappa shape index (κ2) is 5.25. The highest BCUT2D eigenvalue weighted by molar-refractivity contribution is 5.96. The summed E-state index contributed by atoms with van der Waals surface area (Å²) in [6.07, 6.45) is 3.86. The number of aromatic nitrogens is 2. The van der Waals surface area contributed by atoms with Gasteiger partial charge in [0.05, 0.1) is 0 Å². The van der Waals surface area contributed by atoms with Crippen molar-refractivity contribution in [2.24, 2.45) is 0 Å². The van der Waals surface area contributed by atoms with Crippen LogP contribution in [0.2, 0.25) is 0 Å². The van der Waals surface area contributed by atoms with E-state index in [4.69, 9.17) is 5.11 Å². The third kappa shape index (κ3) is 2.24. The molecular formula is C15H15N3O4. The molecular weight excluding hydrogens is 286 g/mol. The standard InChI is InChI=1S/C15H15N3O4/c1-9-4-5-12-16-7-10(14(20)18(12)8-9)13(19)17-6-2-3-11(17)15(21)22/h4-5,7-8,11H,2-3,6H2,1H3,(H,21,22)/t11-/m1/s1. The molecule has 7 heteroatoms. The Morgan fingerprint density at radius 3 is 2.86 bits per heavy atom. The summed E-state index contributed by atoms with van der Waals surface area (Å²) in [5, 5.41) is 9.16. The average molecular weight is 301 g/mol. The first-order chi connectivity index (χ1) is 10.5. The molecule has 0 bridgehead atoms.